The maximum Gasteiger partial charge on any atom is 0.431 e. The Morgan fingerprint density at radius 3 is 2.29 bits per heavy atom. The number of hydrogen-bond donors (Lipinski definition) is 2. The minimum Gasteiger partial charge on any atom is -0.442 e. The summed E-state index contributed by atoms with van der Waals surface area (Å²) in [4.78, 5) is 29.4. The van der Waals surface area contributed by atoms with Gasteiger partial charge in [0.15, 0.2) is 0 Å². The van der Waals surface area contributed by atoms with Crippen molar-refractivity contribution in [3.8, 4) is 0 Å². The molecule has 24 heavy (non-hydrogen) atoms. The summed E-state index contributed by atoms with van der Waals surface area (Å²) in [7, 11) is 0. The van der Waals surface area contributed by atoms with Gasteiger partial charge in [0.2, 0.25) is 5.91 Å². The maximum absolute atomic E-state index is 12.2. The first-order chi connectivity index (χ1) is 11.2. The molecule has 1 saturated carbocycles. The van der Waals surface area contributed by atoms with Gasteiger partial charge in [0.25, 0.3) is 0 Å². The van der Waals surface area contributed by atoms with E-state index in [1.807, 2.05) is 0 Å². The number of amides is 2. The van der Waals surface area contributed by atoms with Gasteiger partial charge < -0.3 is 10.1 Å². The van der Waals surface area contributed by atoms with Crippen LogP contribution in [-0.2, 0) is 14.4 Å². The SMILES string of the molecule is CC(C)C[C@H](CC(=O)NC1CCCCC1)ONC(=O)OC(C)(C)C. The van der Waals surface area contributed by atoms with E-state index in [4.69, 9.17) is 9.57 Å². The Labute approximate surface area is 146 Å². The second-order valence-corrected chi connectivity index (χ2v) is 8.08. The molecule has 0 saturated heterocycles. The lowest BCUT2D eigenvalue weighted by Gasteiger charge is -2.25. The summed E-state index contributed by atoms with van der Waals surface area (Å²) in [6, 6.07) is 0.282. The van der Waals surface area contributed by atoms with Crippen LogP contribution >= 0.6 is 0 Å². The highest BCUT2D eigenvalue weighted by molar-refractivity contribution is 5.76. The molecule has 140 valence electrons. The Kier molecular flexibility index (Phi) is 8.53. The number of hydrogen-bond acceptors (Lipinski definition) is 4. The van der Waals surface area contributed by atoms with E-state index < -0.39 is 11.7 Å². The Morgan fingerprint density at radius 2 is 1.75 bits per heavy atom. The van der Waals surface area contributed by atoms with Crippen LogP contribution in [0.3, 0.4) is 0 Å². The highest BCUT2D eigenvalue weighted by Gasteiger charge is 2.22. The van der Waals surface area contributed by atoms with Crippen LogP contribution in [-0.4, -0.2) is 29.7 Å². The largest absolute Gasteiger partial charge is 0.442 e. The molecule has 0 aromatic carbocycles. The van der Waals surface area contributed by atoms with Crippen LogP contribution < -0.4 is 10.8 Å². The number of hydroxylamine groups is 1. The molecule has 0 unspecified atom stereocenters. The van der Waals surface area contributed by atoms with Gasteiger partial charge >= 0.3 is 6.09 Å². The summed E-state index contributed by atoms with van der Waals surface area (Å²) in [5.74, 6) is 0.344. The van der Waals surface area contributed by atoms with Crippen LogP contribution in [0.5, 0.6) is 0 Å². The molecule has 1 aliphatic carbocycles. The Hall–Kier alpha value is -1.30. The van der Waals surface area contributed by atoms with Crippen LogP contribution in [0.1, 0.15) is 79.6 Å². The molecule has 0 bridgehead atoms. The van der Waals surface area contributed by atoms with Crippen molar-refractivity contribution in [2.75, 3.05) is 0 Å². The van der Waals surface area contributed by atoms with Crippen molar-refractivity contribution in [1.29, 1.82) is 0 Å². The molecule has 6 heteroatoms. The minimum atomic E-state index is -0.635. The van der Waals surface area contributed by atoms with Crippen molar-refractivity contribution in [2.45, 2.75) is 97.3 Å². The lowest BCUT2D eigenvalue weighted by atomic mass is 9.95. The highest BCUT2D eigenvalue weighted by atomic mass is 16.7. The summed E-state index contributed by atoms with van der Waals surface area (Å²) in [5.41, 5.74) is 1.73. The molecule has 1 fully saturated rings. The van der Waals surface area contributed by atoms with E-state index in [1.54, 1.807) is 20.8 Å². The standard InChI is InChI=1S/C18H34N2O4/c1-13(2)11-15(24-20-17(22)23-18(3,4)5)12-16(21)19-14-9-7-6-8-10-14/h13-15H,6-12H2,1-5H3,(H,19,21)(H,20,22)/t15-/m1/s1. The summed E-state index contributed by atoms with van der Waals surface area (Å²) < 4.78 is 5.14. The maximum atomic E-state index is 12.2. The molecular formula is C18H34N2O4. The van der Waals surface area contributed by atoms with Crippen molar-refractivity contribution in [1.82, 2.24) is 10.8 Å². The Balaban J connectivity index is 2.42. The second kappa shape index (κ2) is 9.87. The molecule has 0 aliphatic heterocycles. The van der Waals surface area contributed by atoms with Crippen LogP contribution in [0.15, 0.2) is 0 Å². The zero-order valence-corrected chi connectivity index (χ0v) is 15.8. The van der Waals surface area contributed by atoms with Crippen LogP contribution in [0.4, 0.5) is 4.79 Å². The zero-order chi connectivity index (χ0) is 18.2. The molecule has 1 rings (SSSR count). The van der Waals surface area contributed by atoms with Crippen molar-refractivity contribution < 1.29 is 19.2 Å². The first-order valence-corrected chi connectivity index (χ1v) is 9.09. The number of carbonyl (C=O) groups excluding carboxylic acids is 2. The molecule has 2 amide bonds. The van der Waals surface area contributed by atoms with Crippen molar-refractivity contribution in [3.05, 3.63) is 0 Å². The molecule has 1 aliphatic rings. The smallest absolute Gasteiger partial charge is 0.431 e. The summed E-state index contributed by atoms with van der Waals surface area (Å²) in [5, 5.41) is 3.09. The predicted molar refractivity (Wildman–Crippen MR) is 93.3 cm³/mol. The van der Waals surface area contributed by atoms with Gasteiger partial charge in [-0.2, -0.15) is 5.48 Å². The molecule has 0 spiro atoms. The molecule has 0 radical (unpaired) electrons. The van der Waals surface area contributed by atoms with Gasteiger partial charge in [-0.3, -0.25) is 9.63 Å². The fourth-order valence-corrected chi connectivity index (χ4v) is 2.87. The van der Waals surface area contributed by atoms with Gasteiger partial charge in [0.1, 0.15) is 5.60 Å². The van der Waals surface area contributed by atoms with E-state index in [9.17, 15) is 9.59 Å². The summed E-state index contributed by atoms with van der Waals surface area (Å²) >= 11 is 0. The monoisotopic (exact) mass is 342 g/mol. The lowest BCUT2D eigenvalue weighted by molar-refractivity contribution is -0.127. The Morgan fingerprint density at radius 1 is 1.12 bits per heavy atom. The van der Waals surface area contributed by atoms with E-state index >= 15 is 0 Å². The quantitative estimate of drug-likeness (QED) is 0.692. The highest BCUT2D eigenvalue weighted by Crippen LogP contribution is 2.18. The van der Waals surface area contributed by atoms with E-state index in [2.05, 4.69) is 24.6 Å². The molecule has 0 aromatic rings. The van der Waals surface area contributed by atoms with Gasteiger partial charge in [-0.25, -0.2) is 4.79 Å². The fourth-order valence-electron chi connectivity index (χ4n) is 2.87. The van der Waals surface area contributed by atoms with Gasteiger partial charge in [0.05, 0.1) is 12.5 Å². The molecule has 6 nitrogen and oxygen atoms in total. The van der Waals surface area contributed by atoms with Crippen LogP contribution in [0.2, 0.25) is 0 Å². The third-order valence-corrected chi connectivity index (χ3v) is 3.83. The van der Waals surface area contributed by atoms with E-state index in [0.717, 1.165) is 12.8 Å². The summed E-state index contributed by atoms with van der Waals surface area (Å²) in [6.07, 6.45) is 5.65. The molecule has 0 aromatic heterocycles. The van der Waals surface area contributed by atoms with Crippen LogP contribution in [0, 0.1) is 5.92 Å². The first-order valence-electron chi connectivity index (χ1n) is 9.09. The average Bonchev–Trinajstić information content (AvgIpc) is 2.43. The van der Waals surface area contributed by atoms with Crippen molar-refractivity contribution in [3.63, 3.8) is 0 Å². The second-order valence-electron chi connectivity index (χ2n) is 8.08. The van der Waals surface area contributed by atoms with Gasteiger partial charge in [-0.15, -0.1) is 0 Å². The molecule has 1 atom stereocenters. The number of carbonyl (C=O) groups is 2. The Bertz CT molecular complexity index is 398. The van der Waals surface area contributed by atoms with E-state index in [0.29, 0.717) is 12.3 Å². The predicted octanol–water partition coefficient (Wildman–Crippen LogP) is 3.70. The fraction of sp³-hybridized carbons (Fsp3) is 0.889. The minimum absolute atomic E-state index is 0.0152. The van der Waals surface area contributed by atoms with Gasteiger partial charge in [-0.1, -0.05) is 33.1 Å². The van der Waals surface area contributed by atoms with Crippen molar-refractivity contribution in [2.24, 2.45) is 5.92 Å². The number of ether oxygens (including phenoxy) is 1. The third kappa shape index (κ3) is 9.75. The third-order valence-electron chi connectivity index (χ3n) is 3.83. The topological polar surface area (TPSA) is 76.7 Å². The first kappa shape index (κ1) is 20.7. The number of nitrogens with one attached hydrogen (secondary N) is 2. The zero-order valence-electron chi connectivity index (χ0n) is 15.8. The van der Waals surface area contributed by atoms with Gasteiger partial charge in [0, 0.05) is 6.04 Å². The van der Waals surface area contributed by atoms with Crippen LogP contribution in [0.25, 0.3) is 0 Å². The van der Waals surface area contributed by atoms with Gasteiger partial charge in [-0.05, 0) is 46.0 Å². The molecular weight excluding hydrogens is 308 g/mol. The van der Waals surface area contributed by atoms with E-state index in [-0.39, 0.29) is 24.5 Å². The van der Waals surface area contributed by atoms with Crippen molar-refractivity contribution >= 4 is 12.0 Å². The molecule has 0 heterocycles. The average molecular weight is 342 g/mol. The normalized spacial score (nSPS) is 17.4. The summed E-state index contributed by atoms with van der Waals surface area (Å²) in [6.45, 7) is 9.48. The molecule has 2 N–H and O–H groups in total. The number of rotatable bonds is 7. The lowest BCUT2D eigenvalue weighted by Crippen LogP contribution is -2.40. The van der Waals surface area contributed by atoms with E-state index in [1.165, 1.54) is 19.3 Å².